The van der Waals surface area contributed by atoms with Crippen molar-refractivity contribution in [1.29, 1.82) is 0 Å². The zero-order chi connectivity index (χ0) is 20.5. The molecule has 4 N–H and O–H groups in total. The molecule has 0 bridgehead atoms. The van der Waals surface area contributed by atoms with Gasteiger partial charge in [-0.2, -0.15) is 13.2 Å². The lowest BCUT2D eigenvalue weighted by Gasteiger charge is -2.45. The number of piperidine rings is 2. The molecule has 3 heterocycles. The topological polar surface area (TPSA) is 100 Å². The van der Waals surface area contributed by atoms with Crippen LogP contribution in [0.5, 0.6) is 0 Å². The van der Waals surface area contributed by atoms with Gasteiger partial charge in [0.2, 0.25) is 0 Å². The number of hydrogen-bond acceptors (Lipinski definition) is 7. The van der Waals surface area contributed by atoms with E-state index in [2.05, 4.69) is 4.98 Å². The van der Waals surface area contributed by atoms with Gasteiger partial charge in [0.1, 0.15) is 23.7 Å². The van der Waals surface area contributed by atoms with Gasteiger partial charge in [0, 0.05) is 26.2 Å². The molecule has 10 heteroatoms. The first-order chi connectivity index (χ1) is 13.2. The van der Waals surface area contributed by atoms with Crippen molar-refractivity contribution in [2.24, 2.45) is 5.92 Å². The molecule has 0 radical (unpaired) electrons. The summed E-state index contributed by atoms with van der Waals surface area (Å²) >= 11 is 0. The molecule has 2 fully saturated rings. The van der Waals surface area contributed by atoms with Crippen LogP contribution in [0, 0.1) is 5.92 Å². The zero-order valence-corrected chi connectivity index (χ0v) is 15.3. The molecule has 2 aliphatic heterocycles. The smallest absolute Gasteiger partial charge is 0.395 e. The lowest BCUT2D eigenvalue weighted by atomic mass is 9.91. The molecule has 2 saturated heterocycles. The van der Waals surface area contributed by atoms with E-state index >= 15 is 0 Å². The number of aliphatic hydroxyl groups excluding tert-OH is 4. The minimum Gasteiger partial charge on any atom is -0.395 e. The fraction of sp³-hybridized carbons (Fsp3) is 0.722. The van der Waals surface area contributed by atoms with Gasteiger partial charge in [-0.3, -0.25) is 4.90 Å². The van der Waals surface area contributed by atoms with E-state index in [4.69, 9.17) is 0 Å². The quantitative estimate of drug-likeness (QED) is 0.563. The van der Waals surface area contributed by atoms with E-state index in [9.17, 15) is 33.6 Å². The minimum absolute atomic E-state index is 0.0637. The van der Waals surface area contributed by atoms with Crippen molar-refractivity contribution in [2.75, 3.05) is 37.7 Å². The number of hydrogen-bond donors (Lipinski definition) is 4. The summed E-state index contributed by atoms with van der Waals surface area (Å²) < 4.78 is 38.8. The molecule has 1 aromatic heterocycles. The monoisotopic (exact) mass is 405 g/mol. The van der Waals surface area contributed by atoms with Crippen LogP contribution in [0.1, 0.15) is 18.5 Å². The Hall–Kier alpha value is -1.46. The Morgan fingerprint density at radius 1 is 1.11 bits per heavy atom. The summed E-state index contributed by atoms with van der Waals surface area (Å²) in [6.07, 6.45) is -6.60. The van der Waals surface area contributed by atoms with Crippen molar-refractivity contribution in [3.8, 4) is 0 Å². The summed E-state index contributed by atoms with van der Waals surface area (Å²) in [4.78, 5) is 7.30. The predicted molar refractivity (Wildman–Crippen MR) is 94.6 cm³/mol. The fourth-order valence-corrected chi connectivity index (χ4v) is 4.10. The summed E-state index contributed by atoms with van der Waals surface area (Å²) in [5.41, 5.74) is -0.927. The normalized spacial score (nSPS) is 32.5. The van der Waals surface area contributed by atoms with Crippen molar-refractivity contribution in [2.45, 2.75) is 43.4 Å². The fourth-order valence-electron chi connectivity index (χ4n) is 4.10. The number of anilines is 1. The van der Waals surface area contributed by atoms with Crippen LogP contribution in [0.25, 0.3) is 0 Å². The van der Waals surface area contributed by atoms with E-state index in [0.717, 1.165) is 18.9 Å². The largest absolute Gasteiger partial charge is 0.433 e. The van der Waals surface area contributed by atoms with Crippen LogP contribution < -0.4 is 4.90 Å². The van der Waals surface area contributed by atoms with Gasteiger partial charge < -0.3 is 25.3 Å². The molecule has 1 aromatic rings. The first kappa shape index (κ1) is 21.3. The minimum atomic E-state index is -4.50. The summed E-state index contributed by atoms with van der Waals surface area (Å²) in [5.74, 6) is 0.334. The highest BCUT2D eigenvalue weighted by molar-refractivity contribution is 5.40. The van der Waals surface area contributed by atoms with Crippen molar-refractivity contribution in [3.63, 3.8) is 0 Å². The Kier molecular flexibility index (Phi) is 6.45. The van der Waals surface area contributed by atoms with E-state index in [1.54, 1.807) is 11.0 Å². The highest BCUT2D eigenvalue weighted by atomic mass is 19.4. The summed E-state index contributed by atoms with van der Waals surface area (Å²) in [7, 11) is 0. The summed E-state index contributed by atoms with van der Waals surface area (Å²) in [6, 6.07) is 3.15. The Morgan fingerprint density at radius 2 is 1.86 bits per heavy atom. The van der Waals surface area contributed by atoms with Gasteiger partial charge in [-0.1, -0.05) is 6.07 Å². The molecular weight excluding hydrogens is 379 g/mol. The molecule has 2 aliphatic rings. The second kappa shape index (κ2) is 8.50. The Labute approximate surface area is 161 Å². The number of pyridine rings is 1. The number of β-amino-alcohol motifs (C(OH)–C–C–N with tert-alkyl or cyclic N) is 1. The Morgan fingerprint density at radius 3 is 2.54 bits per heavy atom. The van der Waals surface area contributed by atoms with Crippen LogP contribution >= 0.6 is 0 Å². The third-order valence-electron chi connectivity index (χ3n) is 5.58. The molecule has 0 amide bonds. The average molecular weight is 405 g/mol. The van der Waals surface area contributed by atoms with Crippen LogP contribution in [0.2, 0.25) is 0 Å². The maximum atomic E-state index is 12.9. The summed E-state index contributed by atoms with van der Waals surface area (Å²) in [5, 5.41) is 39.4. The number of rotatable bonds is 4. The van der Waals surface area contributed by atoms with Crippen molar-refractivity contribution < 1.29 is 33.6 Å². The molecule has 7 nitrogen and oxygen atoms in total. The van der Waals surface area contributed by atoms with Crippen LogP contribution in [0.15, 0.2) is 18.2 Å². The van der Waals surface area contributed by atoms with E-state index in [1.807, 2.05) is 4.90 Å². The van der Waals surface area contributed by atoms with Crippen LogP contribution in [0.3, 0.4) is 0 Å². The van der Waals surface area contributed by atoms with E-state index in [0.29, 0.717) is 19.6 Å². The number of halogens is 3. The second-order valence-electron chi connectivity index (χ2n) is 7.59. The van der Waals surface area contributed by atoms with E-state index < -0.39 is 36.2 Å². The maximum absolute atomic E-state index is 12.9. The van der Waals surface area contributed by atoms with Gasteiger partial charge in [-0.25, -0.2) is 4.98 Å². The van der Waals surface area contributed by atoms with Crippen LogP contribution in [0.4, 0.5) is 19.0 Å². The molecule has 0 aliphatic carbocycles. The average Bonchev–Trinajstić information content (AvgIpc) is 2.66. The highest BCUT2D eigenvalue weighted by Gasteiger charge is 2.42. The van der Waals surface area contributed by atoms with Crippen molar-refractivity contribution >= 4 is 5.82 Å². The predicted octanol–water partition coefficient (Wildman–Crippen LogP) is 0.0760. The van der Waals surface area contributed by atoms with E-state index in [-0.39, 0.29) is 24.9 Å². The van der Waals surface area contributed by atoms with Gasteiger partial charge in [0.15, 0.2) is 0 Å². The molecule has 0 aromatic carbocycles. The first-order valence-electron chi connectivity index (χ1n) is 9.39. The number of alkyl halides is 3. The number of aliphatic hydroxyl groups is 4. The number of nitrogens with zero attached hydrogens (tertiary/aromatic N) is 3. The second-order valence-corrected chi connectivity index (χ2v) is 7.59. The standard InChI is InChI=1S/C18H26F3N3O4/c19-18(20,21)14-4-1-5-15(22-14)23-6-2-3-11(7-23)8-24-9-13(26)17(28)16(27)12(24)10-25/h1,4-5,11-13,16-17,25-28H,2-3,6-10H2/t11-,12-,13-,16+,17+/m0/s1. The third-order valence-corrected chi connectivity index (χ3v) is 5.58. The maximum Gasteiger partial charge on any atom is 0.433 e. The summed E-state index contributed by atoms with van der Waals surface area (Å²) in [6.45, 7) is 1.27. The van der Waals surface area contributed by atoms with Crippen LogP contribution in [-0.2, 0) is 6.18 Å². The lowest BCUT2D eigenvalue weighted by Crippen LogP contribution is -2.63. The third kappa shape index (κ3) is 4.57. The zero-order valence-electron chi connectivity index (χ0n) is 15.3. The molecule has 0 unspecified atom stereocenters. The molecule has 5 atom stereocenters. The molecule has 0 saturated carbocycles. The van der Waals surface area contributed by atoms with E-state index in [1.165, 1.54) is 6.07 Å². The van der Waals surface area contributed by atoms with Gasteiger partial charge >= 0.3 is 6.18 Å². The lowest BCUT2D eigenvalue weighted by molar-refractivity contribution is -0.147. The molecule has 3 rings (SSSR count). The van der Waals surface area contributed by atoms with Gasteiger partial charge in [-0.15, -0.1) is 0 Å². The molecule has 28 heavy (non-hydrogen) atoms. The highest BCUT2D eigenvalue weighted by Crippen LogP contribution is 2.30. The Bertz CT molecular complexity index is 663. The SMILES string of the molecule is OC[C@H]1[C@@H](O)[C@H](O)[C@@H](O)CN1C[C@H]1CCCN(c2cccc(C(F)(F)F)n2)C1. The molecule has 158 valence electrons. The molecule has 0 spiro atoms. The molecular formula is C18H26F3N3O4. The first-order valence-corrected chi connectivity index (χ1v) is 9.39. The van der Waals surface area contributed by atoms with Crippen molar-refractivity contribution in [1.82, 2.24) is 9.88 Å². The van der Waals surface area contributed by atoms with Gasteiger partial charge in [0.25, 0.3) is 0 Å². The van der Waals surface area contributed by atoms with Crippen molar-refractivity contribution in [3.05, 3.63) is 23.9 Å². The van der Waals surface area contributed by atoms with Gasteiger partial charge in [-0.05, 0) is 30.9 Å². The number of aromatic nitrogens is 1. The van der Waals surface area contributed by atoms with Gasteiger partial charge in [0.05, 0.1) is 18.8 Å². The van der Waals surface area contributed by atoms with Crippen LogP contribution in [-0.4, -0.2) is 87.4 Å². The Balaban J connectivity index is 1.68. The number of likely N-dealkylation sites (tertiary alicyclic amines) is 1.